The van der Waals surface area contributed by atoms with Crippen molar-refractivity contribution >= 4 is 48.8 Å². The Morgan fingerprint density at radius 1 is 1.00 bits per heavy atom. The summed E-state index contributed by atoms with van der Waals surface area (Å²) >= 11 is 3.55. The molecule has 0 aliphatic heterocycles. The van der Waals surface area contributed by atoms with E-state index in [-0.39, 0.29) is 24.0 Å². The molecule has 2 aromatic heterocycles. The first-order valence-corrected chi connectivity index (χ1v) is 7.02. The van der Waals surface area contributed by atoms with Crippen molar-refractivity contribution in [3.8, 4) is 0 Å². The van der Waals surface area contributed by atoms with Gasteiger partial charge in [0.2, 0.25) is 11.0 Å². The lowest BCUT2D eigenvalue weighted by atomic mass is 10.1. The fourth-order valence-electron chi connectivity index (χ4n) is 2.83. The lowest BCUT2D eigenvalue weighted by molar-refractivity contribution is -0.616. The Kier molecular flexibility index (Phi) is 3.46. The van der Waals surface area contributed by atoms with E-state index in [0.717, 1.165) is 4.47 Å². The van der Waals surface area contributed by atoms with Gasteiger partial charge in [-0.3, -0.25) is 0 Å². The summed E-state index contributed by atoms with van der Waals surface area (Å²) in [6.07, 6.45) is 0. The Hall–Kier alpha value is -1.14. The summed E-state index contributed by atoms with van der Waals surface area (Å²) in [5.74, 6) is 0. The number of nitrogens with zero attached hydrogens (tertiary/aromatic N) is 1. The van der Waals surface area contributed by atoms with Crippen molar-refractivity contribution < 1.29 is 28.5 Å². The third kappa shape index (κ3) is 1.93. The third-order valence-electron chi connectivity index (χ3n) is 3.69. The van der Waals surface area contributed by atoms with Crippen LogP contribution in [0.5, 0.6) is 0 Å². The van der Waals surface area contributed by atoms with E-state index >= 15 is 0 Å². The minimum atomic E-state index is 0. The van der Waals surface area contributed by atoms with Crippen molar-refractivity contribution in [3.05, 3.63) is 53.0 Å². The molecule has 0 aliphatic rings. The molecule has 0 saturated heterocycles. The molecule has 0 atom stereocenters. The molecule has 0 bridgehead atoms. The summed E-state index contributed by atoms with van der Waals surface area (Å²) in [6, 6.07) is 17.0. The zero-order chi connectivity index (χ0) is 13.0. The number of aryl methyl sites for hydroxylation is 1. The van der Waals surface area contributed by atoms with Crippen LogP contribution in [0, 0.1) is 0 Å². The predicted molar refractivity (Wildman–Crippen MR) is 82.2 cm³/mol. The number of nitrogens with one attached hydrogen (secondary N) is 1. The van der Waals surface area contributed by atoms with Crippen molar-refractivity contribution in [1.29, 1.82) is 0 Å². The van der Waals surface area contributed by atoms with E-state index in [0.29, 0.717) is 0 Å². The molecular weight excluding hydrogens is 427 g/mol. The molecule has 0 radical (unpaired) electrons. The van der Waals surface area contributed by atoms with Crippen LogP contribution < -0.4 is 28.5 Å². The maximum atomic E-state index is 3.55. The first kappa shape index (κ1) is 13.8. The molecule has 4 aromatic rings. The van der Waals surface area contributed by atoms with Gasteiger partial charge < -0.3 is 29.0 Å². The van der Waals surface area contributed by atoms with Gasteiger partial charge in [0.25, 0.3) is 0 Å². The number of H-pyrrole nitrogens is 1. The molecule has 20 heavy (non-hydrogen) atoms. The Morgan fingerprint density at radius 2 is 1.80 bits per heavy atom. The standard InChI is InChI=1S/C16H11BrN2.HI/c1-19-15-5-3-2-4-10(15)8-14-16(19)12-9-11(17)6-7-13(12)18-14;/h2-9H,1H3;1H. The van der Waals surface area contributed by atoms with Crippen LogP contribution in [0.2, 0.25) is 0 Å². The zero-order valence-electron chi connectivity index (χ0n) is 10.8. The molecular formula is C16H12BrIN2. The van der Waals surface area contributed by atoms with Gasteiger partial charge in [0.15, 0.2) is 0 Å². The number of rotatable bonds is 0. The summed E-state index contributed by atoms with van der Waals surface area (Å²) < 4.78 is 3.37. The molecule has 2 heterocycles. The maximum Gasteiger partial charge on any atom is 0.238 e. The minimum Gasteiger partial charge on any atom is -1.00 e. The largest absolute Gasteiger partial charge is 1.00 e. The van der Waals surface area contributed by atoms with Crippen LogP contribution in [0.1, 0.15) is 0 Å². The van der Waals surface area contributed by atoms with E-state index in [4.69, 9.17) is 0 Å². The summed E-state index contributed by atoms with van der Waals surface area (Å²) in [6.45, 7) is 0. The van der Waals surface area contributed by atoms with Crippen molar-refractivity contribution in [3.63, 3.8) is 0 Å². The Bertz CT molecular complexity index is 943. The van der Waals surface area contributed by atoms with Crippen LogP contribution >= 0.6 is 15.9 Å². The summed E-state index contributed by atoms with van der Waals surface area (Å²) in [4.78, 5) is 3.50. The Labute approximate surface area is 141 Å². The number of pyridine rings is 1. The number of benzene rings is 2. The van der Waals surface area contributed by atoms with Crippen molar-refractivity contribution in [1.82, 2.24) is 4.98 Å². The molecule has 1 N–H and O–H groups in total. The second-order valence-electron chi connectivity index (χ2n) is 4.84. The van der Waals surface area contributed by atoms with Gasteiger partial charge in [-0.25, -0.2) is 0 Å². The number of para-hydroxylation sites is 1. The molecule has 0 spiro atoms. The van der Waals surface area contributed by atoms with E-state index < -0.39 is 0 Å². The topological polar surface area (TPSA) is 19.7 Å². The van der Waals surface area contributed by atoms with Gasteiger partial charge in [0.1, 0.15) is 12.6 Å². The summed E-state index contributed by atoms with van der Waals surface area (Å²) in [5, 5.41) is 2.50. The van der Waals surface area contributed by atoms with E-state index in [9.17, 15) is 0 Å². The maximum absolute atomic E-state index is 3.55. The van der Waals surface area contributed by atoms with Gasteiger partial charge in [-0.2, -0.15) is 4.57 Å². The van der Waals surface area contributed by atoms with Crippen LogP contribution in [-0.4, -0.2) is 4.98 Å². The zero-order valence-corrected chi connectivity index (χ0v) is 14.6. The summed E-state index contributed by atoms with van der Waals surface area (Å²) in [5.41, 5.74) is 4.84. The number of aromatic amines is 1. The highest BCUT2D eigenvalue weighted by Gasteiger charge is 2.16. The molecule has 0 amide bonds. The number of hydrogen-bond acceptors (Lipinski definition) is 0. The molecule has 4 heteroatoms. The molecule has 0 saturated carbocycles. The van der Waals surface area contributed by atoms with Crippen molar-refractivity contribution in [2.75, 3.05) is 0 Å². The van der Waals surface area contributed by atoms with Crippen LogP contribution in [0.15, 0.2) is 53.0 Å². The fourth-order valence-corrected chi connectivity index (χ4v) is 3.19. The van der Waals surface area contributed by atoms with Crippen molar-refractivity contribution in [2.24, 2.45) is 7.05 Å². The van der Waals surface area contributed by atoms with E-state index in [2.05, 4.69) is 81.1 Å². The van der Waals surface area contributed by atoms with Crippen LogP contribution in [0.3, 0.4) is 0 Å². The molecule has 0 fully saturated rings. The van der Waals surface area contributed by atoms with Crippen LogP contribution in [-0.2, 0) is 7.05 Å². The highest BCUT2D eigenvalue weighted by molar-refractivity contribution is 9.10. The second kappa shape index (κ2) is 5.00. The quantitative estimate of drug-likeness (QED) is 0.313. The van der Waals surface area contributed by atoms with Gasteiger partial charge in [0, 0.05) is 15.9 Å². The lowest BCUT2D eigenvalue weighted by Crippen LogP contribution is -3.00. The fraction of sp³-hybridized carbons (Fsp3) is 0.0625. The minimum absolute atomic E-state index is 0. The molecule has 2 nitrogen and oxygen atoms in total. The SMILES string of the molecule is C[n+]1c2ccccc2cc2[nH]c3ccc(Br)cc3c21.[I-]. The number of hydrogen-bond donors (Lipinski definition) is 1. The number of halogens is 2. The molecule has 0 unspecified atom stereocenters. The van der Waals surface area contributed by atoms with Gasteiger partial charge in [-0.15, -0.1) is 0 Å². The second-order valence-corrected chi connectivity index (χ2v) is 5.76. The first-order chi connectivity index (χ1) is 9.24. The average Bonchev–Trinajstić information content (AvgIpc) is 2.76. The molecule has 2 aromatic carbocycles. The lowest BCUT2D eigenvalue weighted by Gasteiger charge is -1.98. The van der Waals surface area contributed by atoms with Crippen LogP contribution in [0.25, 0.3) is 32.8 Å². The number of aromatic nitrogens is 2. The third-order valence-corrected chi connectivity index (χ3v) is 4.19. The Morgan fingerprint density at radius 3 is 2.65 bits per heavy atom. The highest BCUT2D eigenvalue weighted by atomic mass is 127. The monoisotopic (exact) mass is 438 g/mol. The number of fused-ring (bicyclic) bond motifs is 4. The first-order valence-electron chi connectivity index (χ1n) is 6.23. The summed E-state index contributed by atoms with van der Waals surface area (Å²) in [7, 11) is 2.12. The van der Waals surface area contributed by atoms with Crippen molar-refractivity contribution in [2.45, 2.75) is 0 Å². The molecule has 0 aliphatic carbocycles. The van der Waals surface area contributed by atoms with Gasteiger partial charge in [0.05, 0.1) is 10.9 Å². The Balaban J connectivity index is 0.00000121. The normalized spacial score (nSPS) is 11.1. The average molecular weight is 439 g/mol. The van der Waals surface area contributed by atoms with E-state index in [1.54, 1.807) is 0 Å². The van der Waals surface area contributed by atoms with E-state index in [1.807, 2.05) is 0 Å². The van der Waals surface area contributed by atoms with E-state index in [1.165, 1.54) is 32.8 Å². The van der Waals surface area contributed by atoms with Gasteiger partial charge in [-0.05, 0) is 30.3 Å². The van der Waals surface area contributed by atoms with Gasteiger partial charge >= 0.3 is 0 Å². The van der Waals surface area contributed by atoms with Crippen LogP contribution in [0.4, 0.5) is 0 Å². The molecule has 4 rings (SSSR count). The molecule has 100 valence electrons. The van der Waals surface area contributed by atoms with Gasteiger partial charge in [-0.1, -0.05) is 28.1 Å². The predicted octanol–water partition coefficient (Wildman–Crippen LogP) is 1.07. The smallest absolute Gasteiger partial charge is 0.238 e. The highest BCUT2D eigenvalue weighted by Crippen LogP contribution is 2.27.